The monoisotopic (exact) mass is 292 g/mol. The first-order valence-corrected chi connectivity index (χ1v) is 6.60. The van der Waals surface area contributed by atoms with Crippen LogP contribution in [0.3, 0.4) is 0 Å². The minimum absolute atomic E-state index is 0.0234. The fraction of sp³-hybridized carbons (Fsp3) is 0.769. The first-order chi connectivity index (χ1) is 9.23. The van der Waals surface area contributed by atoms with Gasteiger partial charge in [-0.2, -0.15) is 18.3 Å². The van der Waals surface area contributed by atoms with E-state index in [1.54, 1.807) is 0 Å². The molecule has 0 bridgehead atoms. The van der Waals surface area contributed by atoms with Gasteiger partial charge in [0.1, 0.15) is 0 Å². The number of nitrogens with zero attached hydrogens (tertiary/aromatic N) is 2. The number of ether oxygens (including phenoxy) is 1. The van der Waals surface area contributed by atoms with Crippen molar-refractivity contribution in [2.45, 2.75) is 45.5 Å². The molecule has 1 aliphatic rings. The van der Waals surface area contributed by atoms with Crippen LogP contribution in [0, 0.1) is 5.41 Å². The third-order valence-electron chi connectivity index (χ3n) is 3.58. The van der Waals surface area contributed by atoms with Crippen molar-refractivity contribution in [3.63, 3.8) is 0 Å². The smallest absolute Gasteiger partial charge is 0.394 e. The minimum atomic E-state index is -4.49. The van der Waals surface area contributed by atoms with Crippen molar-refractivity contribution < 1.29 is 23.0 Å². The molecule has 1 fully saturated rings. The number of aliphatic hydroxyl groups excluding tert-OH is 1. The first kappa shape index (κ1) is 15.3. The van der Waals surface area contributed by atoms with Gasteiger partial charge in [0, 0.05) is 6.61 Å². The lowest BCUT2D eigenvalue weighted by atomic mass is 9.81. The van der Waals surface area contributed by atoms with Gasteiger partial charge in [-0.05, 0) is 24.3 Å². The fourth-order valence-electron chi connectivity index (χ4n) is 2.43. The van der Waals surface area contributed by atoms with Crippen LogP contribution in [-0.4, -0.2) is 28.1 Å². The molecule has 0 radical (unpaired) electrons. The van der Waals surface area contributed by atoms with Crippen molar-refractivity contribution in [1.82, 2.24) is 9.78 Å². The fourth-order valence-corrected chi connectivity index (χ4v) is 2.43. The Kier molecular flexibility index (Phi) is 4.11. The number of hydrogen-bond donors (Lipinski definition) is 1. The first-order valence-electron chi connectivity index (χ1n) is 6.60. The van der Waals surface area contributed by atoms with E-state index in [1.807, 2.05) is 0 Å². The molecule has 1 N–H and O–H groups in total. The molecule has 1 unspecified atom stereocenters. The zero-order chi connectivity index (χ0) is 15.0. The van der Waals surface area contributed by atoms with E-state index in [2.05, 4.69) is 18.9 Å². The van der Waals surface area contributed by atoms with Crippen molar-refractivity contribution >= 4 is 0 Å². The molecule has 2 rings (SSSR count). The van der Waals surface area contributed by atoms with Gasteiger partial charge in [0.25, 0.3) is 0 Å². The number of alkyl halides is 3. The molecule has 0 saturated carbocycles. The average molecular weight is 292 g/mol. The van der Waals surface area contributed by atoms with Gasteiger partial charge in [-0.25, -0.2) is 0 Å². The van der Waals surface area contributed by atoms with Gasteiger partial charge in [0.2, 0.25) is 0 Å². The van der Waals surface area contributed by atoms with Crippen LogP contribution in [0.2, 0.25) is 0 Å². The van der Waals surface area contributed by atoms with Crippen molar-refractivity contribution in [2.24, 2.45) is 5.41 Å². The topological polar surface area (TPSA) is 47.3 Å². The third kappa shape index (κ3) is 3.32. The predicted molar refractivity (Wildman–Crippen MR) is 66.0 cm³/mol. The minimum Gasteiger partial charge on any atom is -0.394 e. The molecule has 114 valence electrons. The van der Waals surface area contributed by atoms with Crippen molar-refractivity contribution in [3.05, 3.63) is 17.5 Å². The molecule has 1 aromatic rings. The van der Waals surface area contributed by atoms with Crippen LogP contribution in [0.1, 0.15) is 44.2 Å². The number of aliphatic hydroxyl groups is 1. The van der Waals surface area contributed by atoms with Crippen molar-refractivity contribution in [3.8, 4) is 0 Å². The summed E-state index contributed by atoms with van der Waals surface area (Å²) in [7, 11) is 0. The maximum absolute atomic E-state index is 12.8. The van der Waals surface area contributed by atoms with E-state index in [-0.39, 0.29) is 18.6 Å². The van der Waals surface area contributed by atoms with Crippen LogP contribution in [0.15, 0.2) is 6.07 Å². The summed E-state index contributed by atoms with van der Waals surface area (Å²) in [6.07, 6.45) is -3.38. The van der Waals surface area contributed by atoms with Crippen LogP contribution >= 0.6 is 0 Å². The van der Waals surface area contributed by atoms with Crippen LogP contribution in [0.4, 0.5) is 13.2 Å². The maximum atomic E-state index is 12.8. The normalized spacial score (nSPS) is 23.0. The summed E-state index contributed by atoms with van der Waals surface area (Å²) in [6, 6.07) is 1.03. The Morgan fingerprint density at radius 3 is 2.75 bits per heavy atom. The van der Waals surface area contributed by atoms with Crippen molar-refractivity contribution in [2.75, 3.05) is 13.2 Å². The van der Waals surface area contributed by atoms with Gasteiger partial charge in [0.15, 0.2) is 5.69 Å². The number of aromatic nitrogens is 2. The highest BCUT2D eigenvalue weighted by atomic mass is 19.4. The highest BCUT2D eigenvalue weighted by Crippen LogP contribution is 2.40. The Labute approximate surface area is 115 Å². The second-order valence-corrected chi connectivity index (χ2v) is 5.88. The number of halogens is 3. The van der Waals surface area contributed by atoms with Crippen LogP contribution in [-0.2, 0) is 17.5 Å². The van der Waals surface area contributed by atoms with Crippen molar-refractivity contribution in [1.29, 1.82) is 0 Å². The van der Waals surface area contributed by atoms with E-state index in [4.69, 9.17) is 9.84 Å². The molecule has 0 spiro atoms. The van der Waals surface area contributed by atoms with E-state index in [9.17, 15) is 13.2 Å². The highest BCUT2D eigenvalue weighted by molar-refractivity contribution is 5.16. The summed E-state index contributed by atoms with van der Waals surface area (Å²) in [6.45, 7) is 4.43. The Morgan fingerprint density at radius 1 is 1.50 bits per heavy atom. The summed E-state index contributed by atoms with van der Waals surface area (Å²) in [5, 5.41) is 12.5. The SMILES string of the molecule is CC1(C)CCOC(c2cc(C(F)(F)F)nn2CCO)C1. The molecule has 1 saturated heterocycles. The molecule has 7 heteroatoms. The average Bonchev–Trinajstić information content (AvgIpc) is 2.72. The summed E-state index contributed by atoms with van der Waals surface area (Å²) in [5.41, 5.74) is -0.526. The molecule has 0 aromatic carbocycles. The van der Waals surface area contributed by atoms with E-state index in [1.165, 1.54) is 4.68 Å². The van der Waals surface area contributed by atoms with Gasteiger partial charge in [-0.3, -0.25) is 4.68 Å². The zero-order valence-electron chi connectivity index (χ0n) is 11.6. The lowest BCUT2D eigenvalue weighted by molar-refractivity contribution is -0.141. The lowest BCUT2D eigenvalue weighted by Gasteiger charge is -2.35. The summed E-state index contributed by atoms with van der Waals surface area (Å²) in [5.74, 6) is 0. The van der Waals surface area contributed by atoms with Crippen LogP contribution in [0.25, 0.3) is 0 Å². The zero-order valence-corrected chi connectivity index (χ0v) is 11.6. The quantitative estimate of drug-likeness (QED) is 0.932. The Hall–Kier alpha value is -1.08. The van der Waals surface area contributed by atoms with Gasteiger partial charge in [0.05, 0.1) is 24.9 Å². The highest BCUT2D eigenvalue weighted by Gasteiger charge is 2.38. The summed E-state index contributed by atoms with van der Waals surface area (Å²) >= 11 is 0. The van der Waals surface area contributed by atoms with Crippen LogP contribution < -0.4 is 0 Å². The van der Waals surface area contributed by atoms with Crippen LogP contribution in [0.5, 0.6) is 0 Å². The third-order valence-corrected chi connectivity index (χ3v) is 3.58. The predicted octanol–water partition coefficient (Wildman–Crippen LogP) is 2.77. The molecule has 4 nitrogen and oxygen atoms in total. The summed E-state index contributed by atoms with van der Waals surface area (Å²) < 4.78 is 45.1. The maximum Gasteiger partial charge on any atom is 0.435 e. The Morgan fingerprint density at radius 2 is 2.20 bits per heavy atom. The number of rotatable bonds is 3. The van der Waals surface area contributed by atoms with E-state index in [0.717, 1.165) is 12.5 Å². The molecule has 0 aliphatic carbocycles. The van der Waals surface area contributed by atoms with Gasteiger partial charge in [-0.1, -0.05) is 13.8 Å². The molecule has 0 amide bonds. The molecular weight excluding hydrogens is 273 g/mol. The van der Waals surface area contributed by atoms with Gasteiger partial charge < -0.3 is 9.84 Å². The Balaban J connectivity index is 2.31. The largest absolute Gasteiger partial charge is 0.435 e. The van der Waals surface area contributed by atoms with E-state index in [0.29, 0.717) is 18.7 Å². The van der Waals surface area contributed by atoms with Gasteiger partial charge in [-0.15, -0.1) is 0 Å². The molecule has 2 heterocycles. The molecule has 20 heavy (non-hydrogen) atoms. The van der Waals surface area contributed by atoms with Gasteiger partial charge >= 0.3 is 6.18 Å². The molecular formula is C13H19F3N2O2. The lowest BCUT2D eigenvalue weighted by Crippen LogP contribution is -2.27. The molecule has 1 aliphatic heterocycles. The van der Waals surface area contributed by atoms with E-state index >= 15 is 0 Å². The molecule has 1 aromatic heterocycles. The second kappa shape index (κ2) is 5.37. The van der Waals surface area contributed by atoms with E-state index < -0.39 is 18.0 Å². The standard InChI is InChI=1S/C13H19F3N2O2/c1-12(2)3-6-20-10(8-12)9-7-11(13(14,15)16)17-18(9)4-5-19/h7,10,19H,3-6,8H2,1-2H3. The Bertz CT molecular complexity index is 469. The second-order valence-electron chi connectivity index (χ2n) is 5.88. The number of hydrogen-bond acceptors (Lipinski definition) is 3. The molecule has 1 atom stereocenters. The summed E-state index contributed by atoms with van der Waals surface area (Å²) in [4.78, 5) is 0.